The minimum Gasteiger partial charge on any atom is -0.383 e. The first-order chi connectivity index (χ1) is 9.34. The average molecular weight is 267 g/mol. The molecule has 0 aliphatic carbocycles. The number of hydrogen-bond donors (Lipinski definition) is 2. The molecule has 0 radical (unpaired) electrons. The quantitative estimate of drug-likeness (QED) is 0.706. The van der Waals surface area contributed by atoms with E-state index in [9.17, 15) is 0 Å². The van der Waals surface area contributed by atoms with E-state index < -0.39 is 0 Å². The van der Waals surface area contributed by atoms with Gasteiger partial charge < -0.3 is 10.5 Å². The second-order valence-corrected chi connectivity index (χ2v) is 4.99. The molecule has 19 heavy (non-hydrogen) atoms. The first-order valence-corrected chi connectivity index (χ1v) is 6.77. The number of anilines is 2. The van der Waals surface area contributed by atoms with Gasteiger partial charge in [-0.3, -0.25) is 0 Å². The van der Waals surface area contributed by atoms with Crippen LogP contribution in [-0.4, -0.2) is 4.98 Å². The molecular formula is C15H13N3S. The fourth-order valence-electron chi connectivity index (χ4n) is 1.92. The number of pyridine rings is 1. The Balaban J connectivity index is 1.91. The van der Waals surface area contributed by atoms with E-state index in [0.717, 1.165) is 16.5 Å². The van der Waals surface area contributed by atoms with Crippen molar-refractivity contribution in [2.45, 2.75) is 4.90 Å². The van der Waals surface area contributed by atoms with Crippen LogP contribution in [0.25, 0.3) is 10.8 Å². The maximum Gasteiger partial charge on any atom is 0.131 e. The number of nitrogens with zero attached hydrogens (tertiary/aromatic N) is 1. The molecule has 3 nitrogen and oxygen atoms in total. The number of nitrogens with two attached hydrogens (primary N) is 1. The van der Waals surface area contributed by atoms with E-state index in [2.05, 4.69) is 21.8 Å². The Morgan fingerprint density at radius 3 is 2.58 bits per heavy atom. The molecule has 0 fully saturated rings. The van der Waals surface area contributed by atoms with Crippen LogP contribution in [0.4, 0.5) is 11.5 Å². The lowest BCUT2D eigenvalue weighted by molar-refractivity contribution is 1.37. The molecule has 94 valence electrons. The fourth-order valence-corrected chi connectivity index (χ4v) is 2.62. The monoisotopic (exact) mass is 267 g/mol. The van der Waals surface area contributed by atoms with E-state index in [0.29, 0.717) is 5.82 Å². The van der Waals surface area contributed by atoms with Gasteiger partial charge in [0.25, 0.3) is 0 Å². The highest BCUT2D eigenvalue weighted by Crippen LogP contribution is 2.29. The van der Waals surface area contributed by atoms with Crippen molar-refractivity contribution < 1.29 is 0 Å². The molecule has 2 aromatic carbocycles. The molecule has 0 aliphatic heterocycles. The van der Waals surface area contributed by atoms with Crippen LogP contribution in [0.1, 0.15) is 0 Å². The van der Waals surface area contributed by atoms with Crippen LogP contribution in [0, 0.1) is 0 Å². The van der Waals surface area contributed by atoms with Gasteiger partial charge in [-0.05, 0) is 36.2 Å². The van der Waals surface area contributed by atoms with Gasteiger partial charge in [-0.2, -0.15) is 0 Å². The lowest BCUT2D eigenvalue weighted by Crippen LogP contribution is -1.93. The molecule has 0 atom stereocenters. The second-order valence-electron chi connectivity index (χ2n) is 4.11. The van der Waals surface area contributed by atoms with Crippen molar-refractivity contribution in [3.63, 3.8) is 0 Å². The van der Waals surface area contributed by atoms with Gasteiger partial charge in [0.1, 0.15) is 5.82 Å². The molecule has 0 unspecified atom stereocenters. The Bertz CT molecular complexity index is 698. The summed E-state index contributed by atoms with van der Waals surface area (Å²) < 4.78 is 3.36. The maximum absolute atomic E-state index is 5.89. The molecule has 0 saturated carbocycles. The van der Waals surface area contributed by atoms with E-state index in [1.54, 1.807) is 18.1 Å². The van der Waals surface area contributed by atoms with Gasteiger partial charge in [0.2, 0.25) is 0 Å². The average Bonchev–Trinajstić information content (AvgIpc) is 2.47. The summed E-state index contributed by atoms with van der Waals surface area (Å²) in [4.78, 5) is 5.28. The Morgan fingerprint density at radius 1 is 0.895 bits per heavy atom. The summed E-state index contributed by atoms with van der Waals surface area (Å²) in [5.74, 6) is 0.561. The molecule has 0 spiro atoms. The lowest BCUT2D eigenvalue weighted by Gasteiger charge is -2.09. The number of nitrogen functional groups attached to an aromatic ring is 1. The van der Waals surface area contributed by atoms with E-state index >= 15 is 0 Å². The standard InChI is InChI=1S/C15H13N3S/c16-15-13-7-4-8-14(12(13)9-10-17-15)18-19-11-5-2-1-3-6-11/h1-10,18H,(H2,16,17). The van der Waals surface area contributed by atoms with Crippen LogP contribution >= 0.6 is 11.9 Å². The van der Waals surface area contributed by atoms with E-state index in [1.165, 1.54) is 4.90 Å². The molecule has 0 saturated heterocycles. The lowest BCUT2D eigenvalue weighted by atomic mass is 10.1. The van der Waals surface area contributed by atoms with Gasteiger partial charge in [0, 0.05) is 21.9 Å². The summed E-state index contributed by atoms with van der Waals surface area (Å²) in [5.41, 5.74) is 6.93. The largest absolute Gasteiger partial charge is 0.383 e. The zero-order chi connectivity index (χ0) is 13.1. The molecular weight excluding hydrogens is 254 g/mol. The summed E-state index contributed by atoms with van der Waals surface area (Å²) in [6.45, 7) is 0. The zero-order valence-corrected chi connectivity index (χ0v) is 11.0. The topological polar surface area (TPSA) is 50.9 Å². The molecule has 3 aromatic rings. The van der Waals surface area contributed by atoms with Gasteiger partial charge in [0.15, 0.2) is 0 Å². The summed E-state index contributed by atoms with van der Waals surface area (Å²) in [6.07, 6.45) is 1.73. The third kappa shape index (κ3) is 2.48. The molecule has 1 aromatic heterocycles. The number of benzene rings is 2. The van der Waals surface area contributed by atoms with Crippen LogP contribution in [-0.2, 0) is 0 Å². The Labute approximate surface area is 116 Å². The van der Waals surface area contributed by atoms with Gasteiger partial charge >= 0.3 is 0 Å². The minimum absolute atomic E-state index is 0.561. The van der Waals surface area contributed by atoms with Crippen molar-refractivity contribution >= 4 is 34.2 Å². The second kappa shape index (κ2) is 5.20. The predicted molar refractivity (Wildman–Crippen MR) is 82.1 cm³/mol. The van der Waals surface area contributed by atoms with Crippen molar-refractivity contribution in [1.29, 1.82) is 0 Å². The summed E-state index contributed by atoms with van der Waals surface area (Å²) in [7, 11) is 0. The number of aromatic nitrogens is 1. The van der Waals surface area contributed by atoms with Gasteiger partial charge in [0.05, 0.1) is 5.69 Å². The zero-order valence-electron chi connectivity index (χ0n) is 10.2. The highest BCUT2D eigenvalue weighted by molar-refractivity contribution is 8.00. The predicted octanol–water partition coefficient (Wildman–Crippen LogP) is 3.94. The third-order valence-electron chi connectivity index (χ3n) is 2.86. The molecule has 0 amide bonds. The highest BCUT2D eigenvalue weighted by Gasteiger charge is 2.03. The molecule has 1 heterocycles. The van der Waals surface area contributed by atoms with Crippen molar-refractivity contribution in [2.24, 2.45) is 0 Å². The van der Waals surface area contributed by atoms with Crippen LogP contribution in [0.2, 0.25) is 0 Å². The van der Waals surface area contributed by atoms with Crippen LogP contribution < -0.4 is 10.5 Å². The Hall–Kier alpha value is -2.20. The fraction of sp³-hybridized carbons (Fsp3) is 0. The first-order valence-electron chi connectivity index (χ1n) is 5.96. The molecule has 0 aliphatic rings. The molecule has 4 heteroatoms. The van der Waals surface area contributed by atoms with E-state index in [-0.39, 0.29) is 0 Å². The summed E-state index contributed by atoms with van der Waals surface area (Å²) in [5, 5.41) is 2.06. The van der Waals surface area contributed by atoms with Crippen molar-refractivity contribution in [3.8, 4) is 0 Å². The smallest absolute Gasteiger partial charge is 0.131 e. The SMILES string of the molecule is Nc1nccc2c(NSc3ccccc3)cccc12. The Morgan fingerprint density at radius 2 is 1.74 bits per heavy atom. The number of nitrogens with one attached hydrogen (secondary N) is 1. The molecule has 3 rings (SSSR count). The number of fused-ring (bicyclic) bond motifs is 1. The maximum atomic E-state index is 5.89. The summed E-state index contributed by atoms with van der Waals surface area (Å²) in [6, 6.07) is 18.2. The van der Waals surface area contributed by atoms with E-state index in [1.807, 2.05) is 42.5 Å². The van der Waals surface area contributed by atoms with Gasteiger partial charge in [-0.15, -0.1) is 0 Å². The summed E-state index contributed by atoms with van der Waals surface area (Å²) >= 11 is 1.58. The normalized spacial score (nSPS) is 10.5. The van der Waals surface area contributed by atoms with Crippen molar-refractivity contribution in [2.75, 3.05) is 10.5 Å². The van der Waals surface area contributed by atoms with Crippen molar-refractivity contribution in [3.05, 3.63) is 60.8 Å². The van der Waals surface area contributed by atoms with Gasteiger partial charge in [-0.1, -0.05) is 30.3 Å². The van der Waals surface area contributed by atoms with Crippen molar-refractivity contribution in [1.82, 2.24) is 4.98 Å². The van der Waals surface area contributed by atoms with Crippen LogP contribution in [0.15, 0.2) is 65.7 Å². The number of rotatable bonds is 3. The Kier molecular flexibility index (Phi) is 3.25. The van der Waals surface area contributed by atoms with Crippen LogP contribution in [0.3, 0.4) is 0 Å². The third-order valence-corrected chi connectivity index (χ3v) is 3.69. The first kappa shape index (κ1) is 11.9. The van der Waals surface area contributed by atoms with E-state index in [4.69, 9.17) is 5.73 Å². The number of hydrogen-bond acceptors (Lipinski definition) is 4. The minimum atomic E-state index is 0.561. The van der Waals surface area contributed by atoms with Crippen LogP contribution in [0.5, 0.6) is 0 Å². The highest BCUT2D eigenvalue weighted by atomic mass is 32.2. The van der Waals surface area contributed by atoms with Gasteiger partial charge in [-0.25, -0.2) is 4.98 Å². The molecule has 0 bridgehead atoms. The molecule has 3 N–H and O–H groups in total.